The summed E-state index contributed by atoms with van der Waals surface area (Å²) in [5.41, 5.74) is 3.99. The molecule has 0 amide bonds. The van der Waals surface area contributed by atoms with Crippen molar-refractivity contribution >= 4 is 27.6 Å². The number of carbonyl (C=O) groups excluding carboxylic acids is 1. The largest absolute Gasteiger partial charge is 0.468 e. The van der Waals surface area contributed by atoms with E-state index >= 15 is 0 Å². The van der Waals surface area contributed by atoms with Gasteiger partial charge in [-0.1, -0.05) is 23.7 Å². The molecule has 0 aromatic heterocycles. The topological polar surface area (TPSA) is 84.9 Å². The molecule has 1 saturated heterocycles. The summed E-state index contributed by atoms with van der Waals surface area (Å²) in [6, 6.07) is 6.82. The van der Waals surface area contributed by atoms with Crippen molar-refractivity contribution in [1.29, 1.82) is 0 Å². The maximum absolute atomic E-state index is 12.2. The Bertz CT molecular complexity index is 910. The van der Waals surface area contributed by atoms with Gasteiger partial charge in [-0.15, -0.1) is 0 Å². The second-order valence-electron chi connectivity index (χ2n) is 7.47. The molecule has 1 N–H and O–H groups in total. The van der Waals surface area contributed by atoms with Crippen LogP contribution in [0.25, 0.3) is 0 Å². The minimum atomic E-state index is -3.58. The number of hydrogen-bond acceptors (Lipinski definition) is 6. The van der Waals surface area contributed by atoms with Crippen molar-refractivity contribution in [3.05, 3.63) is 46.6 Å². The number of hydroxylamine groups is 1. The average molecular weight is 413 g/mol. The van der Waals surface area contributed by atoms with Crippen LogP contribution in [0.15, 0.2) is 36.0 Å². The second kappa shape index (κ2) is 6.20. The zero-order valence-electron chi connectivity index (χ0n) is 15.1. The van der Waals surface area contributed by atoms with Crippen LogP contribution in [0, 0.1) is 0 Å². The van der Waals surface area contributed by atoms with Gasteiger partial charge >= 0.3 is 5.97 Å². The molecule has 1 spiro atoms. The molecular weight excluding hydrogens is 392 g/mol. The monoisotopic (exact) mass is 412 g/mol. The number of hydrogen-bond donors (Lipinski definition) is 1. The lowest BCUT2D eigenvalue weighted by atomic mass is 9.89. The van der Waals surface area contributed by atoms with E-state index in [2.05, 4.69) is 5.48 Å². The van der Waals surface area contributed by atoms with E-state index < -0.39 is 27.6 Å². The number of rotatable bonds is 4. The van der Waals surface area contributed by atoms with Gasteiger partial charge in [0.25, 0.3) is 0 Å². The van der Waals surface area contributed by atoms with Gasteiger partial charge in [0.05, 0.1) is 19.9 Å². The number of esters is 1. The molecule has 0 bridgehead atoms. The summed E-state index contributed by atoms with van der Waals surface area (Å²) in [6.45, 7) is 0.0683. The fourth-order valence-corrected chi connectivity index (χ4v) is 5.26. The predicted octanol–water partition coefficient (Wildman–Crippen LogP) is 1.74. The third-order valence-electron chi connectivity index (χ3n) is 5.64. The van der Waals surface area contributed by atoms with Crippen LogP contribution in [0.1, 0.15) is 24.8 Å². The van der Waals surface area contributed by atoms with Crippen molar-refractivity contribution < 1.29 is 22.8 Å². The number of ether oxygens (including phenoxy) is 1. The highest BCUT2D eigenvalue weighted by molar-refractivity contribution is 7.88. The lowest BCUT2D eigenvalue weighted by Gasteiger charge is -2.20. The average Bonchev–Trinajstić information content (AvgIpc) is 3.18. The molecule has 2 atom stereocenters. The van der Waals surface area contributed by atoms with Crippen molar-refractivity contribution in [2.24, 2.45) is 0 Å². The van der Waals surface area contributed by atoms with Crippen molar-refractivity contribution in [2.75, 3.05) is 19.9 Å². The third-order valence-corrected chi connectivity index (χ3v) is 7.13. The molecule has 2 heterocycles. The number of nitrogens with one attached hydrogen (secondary N) is 1. The van der Waals surface area contributed by atoms with Crippen LogP contribution in [0.2, 0.25) is 5.02 Å². The Morgan fingerprint density at radius 3 is 2.56 bits per heavy atom. The van der Waals surface area contributed by atoms with Crippen molar-refractivity contribution in [3.8, 4) is 0 Å². The first-order chi connectivity index (χ1) is 12.7. The quantitative estimate of drug-likeness (QED) is 0.758. The fraction of sp³-hybridized carbons (Fsp3) is 0.500. The van der Waals surface area contributed by atoms with Crippen LogP contribution >= 0.6 is 11.6 Å². The molecule has 1 unspecified atom stereocenters. The normalized spacial score (nSPS) is 29.4. The molecule has 1 saturated carbocycles. The highest BCUT2D eigenvalue weighted by Gasteiger charge is 2.57. The molecule has 4 rings (SSSR count). The lowest BCUT2D eigenvalue weighted by Crippen LogP contribution is -2.41. The lowest BCUT2D eigenvalue weighted by molar-refractivity contribution is -0.144. The van der Waals surface area contributed by atoms with Crippen LogP contribution in [-0.4, -0.2) is 50.2 Å². The zero-order valence-corrected chi connectivity index (χ0v) is 16.6. The number of allylic oxidation sites excluding steroid dienone is 1. The number of benzene rings is 1. The standard InChI is InChI=1S/C18H21ClN2O5S/c1-25-16(22)14-9-17(11-21(14)27(2,23)24)10-15(20-26-17)18(7-8-18)12-3-5-13(19)6-4-12/h3-6,10,14,20H,7-9,11H2,1-2H3/t14-,17?/m0/s1. The minimum absolute atomic E-state index is 0.0683. The summed E-state index contributed by atoms with van der Waals surface area (Å²) in [7, 11) is -2.33. The van der Waals surface area contributed by atoms with Crippen molar-refractivity contribution in [2.45, 2.75) is 36.3 Å². The Kier molecular flexibility index (Phi) is 4.30. The molecule has 27 heavy (non-hydrogen) atoms. The third kappa shape index (κ3) is 3.14. The summed E-state index contributed by atoms with van der Waals surface area (Å²) in [5.74, 6) is -0.582. The van der Waals surface area contributed by atoms with E-state index in [0.29, 0.717) is 5.02 Å². The summed E-state index contributed by atoms with van der Waals surface area (Å²) in [6.07, 6.45) is 5.16. The highest BCUT2D eigenvalue weighted by atomic mass is 35.5. The van der Waals surface area contributed by atoms with Crippen LogP contribution in [0.4, 0.5) is 0 Å². The van der Waals surface area contributed by atoms with Gasteiger partial charge in [-0.2, -0.15) is 4.31 Å². The first-order valence-corrected chi connectivity index (χ1v) is 10.9. The number of carbonyl (C=O) groups is 1. The van der Waals surface area contributed by atoms with E-state index in [9.17, 15) is 13.2 Å². The van der Waals surface area contributed by atoms with Gasteiger partial charge in [-0.25, -0.2) is 8.42 Å². The number of sulfonamides is 1. The molecular formula is C18H21ClN2O5S. The molecule has 2 aliphatic heterocycles. The first-order valence-electron chi connectivity index (χ1n) is 8.67. The van der Waals surface area contributed by atoms with Crippen LogP contribution < -0.4 is 5.48 Å². The molecule has 1 aromatic rings. The molecule has 9 heteroatoms. The summed E-state index contributed by atoms with van der Waals surface area (Å²) in [5, 5.41) is 0.677. The van der Waals surface area contributed by atoms with Gasteiger partial charge in [-0.05, 0) is 36.6 Å². The molecule has 7 nitrogen and oxygen atoms in total. The van der Waals surface area contributed by atoms with Crippen LogP contribution in [0.3, 0.4) is 0 Å². The predicted molar refractivity (Wildman–Crippen MR) is 99.4 cm³/mol. The molecule has 146 valence electrons. The van der Waals surface area contributed by atoms with Gasteiger partial charge in [0.1, 0.15) is 11.6 Å². The van der Waals surface area contributed by atoms with Gasteiger partial charge < -0.3 is 4.74 Å². The van der Waals surface area contributed by atoms with Gasteiger partial charge in [0.15, 0.2) is 0 Å². The molecule has 1 aliphatic carbocycles. The van der Waals surface area contributed by atoms with Gasteiger partial charge in [-0.3, -0.25) is 15.1 Å². The number of methoxy groups -OCH3 is 1. The zero-order chi connectivity index (χ0) is 19.4. The Hall–Kier alpha value is -1.61. The van der Waals surface area contributed by atoms with Crippen molar-refractivity contribution in [3.63, 3.8) is 0 Å². The van der Waals surface area contributed by atoms with E-state index in [1.165, 1.54) is 7.11 Å². The Morgan fingerprint density at radius 2 is 2.00 bits per heavy atom. The number of nitrogens with zero attached hydrogens (tertiary/aromatic N) is 1. The number of halogens is 1. The maximum Gasteiger partial charge on any atom is 0.324 e. The highest BCUT2D eigenvalue weighted by Crippen LogP contribution is 2.55. The van der Waals surface area contributed by atoms with Gasteiger partial charge in [0.2, 0.25) is 10.0 Å². The van der Waals surface area contributed by atoms with E-state index in [1.807, 2.05) is 30.3 Å². The molecule has 2 fully saturated rings. The summed E-state index contributed by atoms with van der Waals surface area (Å²) < 4.78 is 30.3. The Labute approximate surface area is 163 Å². The second-order valence-corrected chi connectivity index (χ2v) is 9.84. The van der Waals surface area contributed by atoms with E-state index in [1.54, 1.807) is 0 Å². The van der Waals surface area contributed by atoms with E-state index in [-0.39, 0.29) is 18.4 Å². The summed E-state index contributed by atoms with van der Waals surface area (Å²) in [4.78, 5) is 18.0. The minimum Gasteiger partial charge on any atom is -0.468 e. The molecule has 1 aromatic carbocycles. The Morgan fingerprint density at radius 1 is 1.33 bits per heavy atom. The molecule has 0 radical (unpaired) electrons. The maximum atomic E-state index is 12.2. The fourth-order valence-electron chi connectivity index (χ4n) is 4.05. The van der Waals surface area contributed by atoms with Crippen LogP contribution in [0.5, 0.6) is 0 Å². The molecule has 3 aliphatic rings. The SMILES string of the molecule is COC(=O)[C@@H]1CC2(C=C(C3(c4ccc(Cl)cc4)CC3)NO2)CN1S(C)(=O)=O. The Balaban J connectivity index is 1.65. The first kappa shape index (κ1) is 18.7. The van der Waals surface area contributed by atoms with E-state index in [0.717, 1.165) is 34.7 Å². The van der Waals surface area contributed by atoms with Gasteiger partial charge in [0, 0.05) is 22.6 Å². The summed E-state index contributed by atoms with van der Waals surface area (Å²) >= 11 is 6.00. The smallest absolute Gasteiger partial charge is 0.324 e. The van der Waals surface area contributed by atoms with Crippen molar-refractivity contribution in [1.82, 2.24) is 9.79 Å². The van der Waals surface area contributed by atoms with Crippen LogP contribution in [-0.2, 0) is 29.8 Å². The van der Waals surface area contributed by atoms with E-state index in [4.69, 9.17) is 21.2 Å².